The van der Waals surface area contributed by atoms with E-state index in [1.165, 1.54) is 12.0 Å². The lowest BCUT2D eigenvalue weighted by Gasteiger charge is -2.13. The summed E-state index contributed by atoms with van der Waals surface area (Å²) >= 11 is 0. The molecule has 0 aliphatic heterocycles. The van der Waals surface area contributed by atoms with Crippen LogP contribution in [0.4, 0.5) is 0 Å². The maximum absolute atomic E-state index is 11.3. The van der Waals surface area contributed by atoms with Crippen molar-refractivity contribution in [1.82, 2.24) is 0 Å². The number of amides is 1. The molecule has 122 valence electrons. The number of benzene rings is 2. The van der Waals surface area contributed by atoms with Crippen molar-refractivity contribution in [3.8, 4) is 5.75 Å². The van der Waals surface area contributed by atoms with E-state index < -0.39 is 5.91 Å². The van der Waals surface area contributed by atoms with E-state index in [1.54, 1.807) is 6.07 Å². The van der Waals surface area contributed by atoms with Crippen LogP contribution in [0.2, 0.25) is 0 Å². The lowest BCUT2D eigenvalue weighted by atomic mass is 10.0. The van der Waals surface area contributed by atoms with Gasteiger partial charge in [-0.3, -0.25) is 4.79 Å². The molecule has 2 rings (SSSR count). The standard InChI is InChI=1S/C20H25NO2/c1-15-16(2)19(13-12-18(15)20(21)22)23-14-8-4-7-11-17-9-5-3-6-10-17/h3,5-6,9-10,12-13H,4,7-8,11,14H2,1-2H3,(H2,21,22). The van der Waals surface area contributed by atoms with E-state index in [0.717, 1.165) is 36.1 Å². The summed E-state index contributed by atoms with van der Waals surface area (Å²) in [7, 11) is 0. The zero-order valence-corrected chi connectivity index (χ0v) is 14.0. The first-order valence-electron chi connectivity index (χ1n) is 8.16. The summed E-state index contributed by atoms with van der Waals surface area (Å²) in [5.74, 6) is 0.452. The van der Waals surface area contributed by atoms with Gasteiger partial charge < -0.3 is 10.5 Å². The van der Waals surface area contributed by atoms with Crippen LogP contribution in [-0.4, -0.2) is 12.5 Å². The molecule has 3 nitrogen and oxygen atoms in total. The molecule has 0 saturated heterocycles. The molecule has 2 aromatic carbocycles. The second-order valence-corrected chi connectivity index (χ2v) is 5.87. The summed E-state index contributed by atoms with van der Waals surface area (Å²) in [5.41, 5.74) is 9.21. The molecular formula is C20H25NO2. The van der Waals surface area contributed by atoms with E-state index in [1.807, 2.05) is 26.0 Å². The third kappa shape index (κ3) is 4.85. The largest absolute Gasteiger partial charge is 0.493 e. The molecule has 23 heavy (non-hydrogen) atoms. The van der Waals surface area contributed by atoms with Crippen LogP contribution in [0.3, 0.4) is 0 Å². The molecule has 0 aromatic heterocycles. The third-order valence-electron chi connectivity index (χ3n) is 4.21. The fourth-order valence-electron chi connectivity index (χ4n) is 2.65. The van der Waals surface area contributed by atoms with Crippen LogP contribution in [0, 0.1) is 13.8 Å². The first-order chi connectivity index (χ1) is 11.1. The van der Waals surface area contributed by atoms with Gasteiger partial charge in [0.2, 0.25) is 5.91 Å². The zero-order chi connectivity index (χ0) is 16.7. The smallest absolute Gasteiger partial charge is 0.248 e. The number of hydrogen-bond donors (Lipinski definition) is 1. The predicted octanol–water partition coefficient (Wildman–Crippen LogP) is 4.19. The van der Waals surface area contributed by atoms with Gasteiger partial charge in [0.05, 0.1) is 6.61 Å². The number of rotatable bonds is 8. The van der Waals surface area contributed by atoms with Crippen LogP contribution in [-0.2, 0) is 6.42 Å². The molecule has 2 aromatic rings. The van der Waals surface area contributed by atoms with Crippen LogP contribution in [0.5, 0.6) is 5.75 Å². The van der Waals surface area contributed by atoms with E-state index in [2.05, 4.69) is 24.3 Å². The van der Waals surface area contributed by atoms with Gasteiger partial charge in [0, 0.05) is 5.56 Å². The molecule has 0 heterocycles. The monoisotopic (exact) mass is 311 g/mol. The van der Waals surface area contributed by atoms with E-state index >= 15 is 0 Å². The van der Waals surface area contributed by atoms with Gasteiger partial charge in [-0.1, -0.05) is 30.3 Å². The zero-order valence-electron chi connectivity index (χ0n) is 14.0. The van der Waals surface area contributed by atoms with Crippen molar-refractivity contribution in [3.05, 3.63) is 64.7 Å². The Labute approximate surface area is 138 Å². The number of unbranched alkanes of at least 4 members (excludes halogenated alkanes) is 2. The van der Waals surface area contributed by atoms with Crippen molar-refractivity contribution in [2.24, 2.45) is 5.73 Å². The number of aryl methyl sites for hydroxylation is 1. The molecule has 0 aliphatic carbocycles. The molecule has 0 saturated carbocycles. The minimum atomic E-state index is -0.391. The number of primary amides is 1. The highest BCUT2D eigenvalue weighted by Crippen LogP contribution is 2.24. The lowest BCUT2D eigenvalue weighted by Crippen LogP contribution is -2.13. The van der Waals surface area contributed by atoms with Gasteiger partial charge in [0.15, 0.2) is 0 Å². The number of nitrogens with two attached hydrogens (primary N) is 1. The van der Waals surface area contributed by atoms with Crippen molar-refractivity contribution < 1.29 is 9.53 Å². The van der Waals surface area contributed by atoms with Crippen LogP contribution in [0.25, 0.3) is 0 Å². The minimum absolute atomic E-state index is 0.391. The average molecular weight is 311 g/mol. The Bertz CT molecular complexity index is 650. The Balaban J connectivity index is 1.74. The minimum Gasteiger partial charge on any atom is -0.493 e. The van der Waals surface area contributed by atoms with Gasteiger partial charge in [-0.15, -0.1) is 0 Å². The first-order valence-corrected chi connectivity index (χ1v) is 8.16. The van der Waals surface area contributed by atoms with Crippen molar-refractivity contribution in [3.63, 3.8) is 0 Å². The van der Waals surface area contributed by atoms with E-state index in [-0.39, 0.29) is 0 Å². The molecule has 2 N–H and O–H groups in total. The number of ether oxygens (including phenoxy) is 1. The van der Waals surface area contributed by atoms with Gasteiger partial charge in [0.25, 0.3) is 0 Å². The SMILES string of the molecule is Cc1c(OCCCCCc2ccccc2)ccc(C(N)=O)c1C. The molecule has 0 aliphatic rings. The highest BCUT2D eigenvalue weighted by Gasteiger charge is 2.10. The molecule has 1 amide bonds. The highest BCUT2D eigenvalue weighted by atomic mass is 16.5. The Kier molecular flexibility index (Phi) is 6.21. The summed E-state index contributed by atoms with van der Waals surface area (Å²) in [6.07, 6.45) is 4.47. The van der Waals surface area contributed by atoms with Crippen molar-refractivity contribution in [1.29, 1.82) is 0 Å². The summed E-state index contributed by atoms with van der Waals surface area (Å²) in [4.78, 5) is 11.3. The number of carbonyl (C=O) groups excluding carboxylic acids is 1. The summed E-state index contributed by atoms with van der Waals surface area (Å²) in [6, 6.07) is 14.1. The van der Waals surface area contributed by atoms with Gasteiger partial charge in [-0.2, -0.15) is 0 Å². The van der Waals surface area contributed by atoms with Crippen LogP contribution in [0.1, 0.15) is 46.3 Å². The van der Waals surface area contributed by atoms with Crippen molar-refractivity contribution in [2.75, 3.05) is 6.61 Å². The summed E-state index contributed by atoms with van der Waals surface area (Å²) < 4.78 is 5.85. The Morgan fingerprint density at radius 2 is 1.70 bits per heavy atom. The molecule has 0 spiro atoms. The lowest BCUT2D eigenvalue weighted by molar-refractivity contribution is 0.0999. The van der Waals surface area contributed by atoms with Crippen LogP contribution >= 0.6 is 0 Å². The maximum Gasteiger partial charge on any atom is 0.248 e. The van der Waals surface area contributed by atoms with Gasteiger partial charge in [-0.05, 0) is 68.4 Å². The Morgan fingerprint density at radius 1 is 0.957 bits per heavy atom. The van der Waals surface area contributed by atoms with E-state index in [0.29, 0.717) is 12.2 Å². The van der Waals surface area contributed by atoms with Crippen molar-refractivity contribution in [2.45, 2.75) is 39.5 Å². The van der Waals surface area contributed by atoms with Crippen LogP contribution < -0.4 is 10.5 Å². The quantitative estimate of drug-likeness (QED) is 0.743. The van der Waals surface area contributed by atoms with Gasteiger partial charge in [-0.25, -0.2) is 0 Å². The highest BCUT2D eigenvalue weighted by molar-refractivity contribution is 5.94. The molecule has 0 radical (unpaired) electrons. The molecular weight excluding hydrogens is 286 g/mol. The number of hydrogen-bond acceptors (Lipinski definition) is 2. The summed E-state index contributed by atoms with van der Waals surface area (Å²) in [6.45, 7) is 4.57. The van der Waals surface area contributed by atoms with Crippen molar-refractivity contribution >= 4 is 5.91 Å². The topological polar surface area (TPSA) is 52.3 Å². The normalized spacial score (nSPS) is 10.5. The average Bonchev–Trinajstić information content (AvgIpc) is 2.55. The Morgan fingerprint density at radius 3 is 2.39 bits per heavy atom. The molecule has 0 bridgehead atoms. The summed E-state index contributed by atoms with van der Waals surface area (Å²) in [5, 5.41) is 0. The fourth-order valence-corrected chi connectivity index (χ4v) is 2.65. The van der Waals surface area contributed by atoms with Crippen LogP contribution in [0.15, 0.2) is 42.5 Å². The molecule has 0 unspecified atom stereocenters. The van der Waals surface area contributed by atoms with E-state index in [9.17, 15) is 4.79 Å². The first kappa shape index (κ1) is 17.1. The third-order valence-corrected chi connectivity index (χ3v) is 4.21. The molecule has 0 fully saturated rings. The van der Waals surface area contributed by atoms with Gasteiger partial charge >= 0.3 is 0 Å². The molecule has 3 heteroatoms. The number of carbonyl (C=O) groups is 1. The van der Waals surface area contributed by atoms with E-state index in [4.69, 9.17) is 10.5 Å². The second-order valence-electron chi connectivity index (χ2n) is 5.87. The predicted molar refractivity (Wildman–Crippen MR) is 93.9 cm³/mol. The fraction of sp³-hybridized carbons (Fsp3) is 0.350. The Hall–Kier alpha value is -2.29. The van der Waals surface area contributed by atoms with Gasteiger partial charge in [0.1, 0.15) is 5.75 Å². The maximum atomic E-state index is 11.3. The second kappa shape index (κ2) is 8.37. The molecule has 0 atom stereocenters.